The van der Waals surface area contributed by atoms with E-state index < -0.39 is 6.04 Å². The standard InChI is InChI=1S/C27H41N7O3/c35-25-9-8-23(26(36)28-25)33-16-21-14-20(6-7-22(21)27(33)37)19-10-12-32(13-11-19)17-24-29-30-31-34(24)15-18-4-2-1-3-5-18/h18-23H,1-17H2,(H,28,35,36). The van der Waals surface area contributed by atoms with E-state index in [0.29, 0.717) is 43.1 Å². The van der Waals surface area contributed by atoms with E-state index in [-0.39, 0.29) is 23.6 Å². The Morgan fingerprint density at radius 1 is 0.865 bits per heavy atom. The molecule has 10 heteroatoms. The van der Waals surface area contributed by atoms with E-state index in [0.717, 1.165) is 51.3 Å². The van der Waals surface area contributed by atoms with Gasteiger partial charge in [0.1, 0.15) is 6.04 Å². The smallest absolute Gasteiger partial charge is 0.249 e. The Balaban J connectivity index is 0.991. The van der Waals surface area contributed by atoms with Crippen LogP contribution in [0.4, 0.5) is 0 Å². The first kappa shape index (κ1) is 24.9. The third kappa shape index (κ3) is 5.31. The number of nitrogens with one attached hydrogen (secondary N) is 1. The highest BCUT2D eigenvalue weighted by Gasteiger charge is 2.49. The lowest BCUT2D eigenvalue weighted by atomic mass is 9.69. The van der Waals surface area contributed by atoms with Crippen molar-refractivity contribution in [1.82, 2.24) is 35.3 Å². The molecular weight excluding hydrogens is 470 g/mol. The molecular formula is C27H41N7O3. The summed E-state index contributed by atoms with van der Waals surface area (Å²) in [6.45, 7) is 4.61. The van der Waals surface area contributed by atoms with Crippen LogP contribution in [-0.4, -0.2) is 73.4 Å². The normalized spacial score (nSPS) is 32.5. The molecule has 202 valence electrons. The number of carbonyl (C=O) groups is 3. The predicted octanol–water partition coefficient (Wildman–Crippen LogP) is 2.15. The van der Waals surface area contributed by atoms with Crippen LogP contribution < -0.4 is 5.32 Å². The summed E-state index contributed by atoms with van der Waals surface area (Å²) in [6, 6.07) is -0.466. The number of fused-ring (bicyclic) bond motifs is 1. The number of rotatable bonds is 6. The van der Waals surface area contributed by atoms with Crippen molar-refractivity contribution in [2.75, 3.05) is 19.6 Å². The number of carbonyl (C=O) groups excluding carboxylic acids is 3. The molecule has 2 aliphatic carbocycles. The summed E-state index contributed by atoms with van der Waals surface area (Å²) in [6.07, 6.45) is 12.9. The van der Waals surface area contributed by atoms with Crippen LogP contribution in [-0.2, 0) is 27.5 Å². The van der Waals surface area contributed by atoms with Crippen molar-refractivity contribution in [2.24, 2.45) is 29.6 Å². The molecule has 6 rings (SSSR count). The molecule has 5 aliphatic rings. The highest BCUT2D eigenvalue weighted by atomic mass is 16.2. The molecule has 4 heterocycles. The average Bonchev–Trinajstić information content (AvgIpc) is 3.48. The second-order valence-corrected chi connectivity index (χ2v) is 12.3. The lowest BCUT2D eigenvalue weighted by Crippen LogP contribution is -2.53. The number of amides is 3. The van der Waals surface area contributed by atoms with E-state index in [1.54, 1.807) is 4.90 Å². The van der Waals surface area contributed by atoms with E-state index in [2.05, 4.69) is 30.4 Å². The van der Waals surface area contributed by atoms with Crippen molar-refractivity contribution in [3.05, 3.63) is 5.82 Å². The molecule has 3 aliphatic heterocycles. The summed E-state index contributed by atoms with van der Waals surface area (Å²) in [5.74, 6) is 3.11. The van der Waals surface area contributed by atoms with Crippen molar-refractivity contribution in [1.29, 1.82) is 0 Å². The molecule has 1 aromatic heterocycles. The lowest BCUT2D eigenvalue weighted by Gasteiger charge is -2.39. The van der Waals surface area contributed by atoms with Gasteiger partial charge in [0, 0.05) is 25.4 Å². The molecule has 4 unspecified atom stereocenters. The van der Waals surface area contributed by atoms with Gasteiger partial charge < -0.3 is 4.90 Å². The van der Waals surface area contributed by atoms with Crippen LogP contribution in [0.15, 0.2) is 0 Å². The molecule has 0 aromatic carbocycles. The minimum Gasteiger partial charge on any atom is -0.330 e. The number of tetrazole rings is 1. The van der Waals surface area contributed by atoms with Crippen LogP contribution in [0.25, 0.3) is 0 Å². The van der Waals surface area contributed by atoms with Crippen LogP contribution in [0, 0.1) is 29.6 Å². The van der Waals surface area contributed by atoms with Crippen LogP contribution in [0.1, 0.15) is 82.9 Å². The quantitative estimate of drug-likeness (QED) is 0.582. The summed E-state index contributed by atoms with van der Waals surface area (Å²) in [7, 11) is 0. The van der Waals surface area contributed by atoms with Crippen LogP contribution in [0.2, 0.25) is 0 Å². The topological polar surface area (TPSA) is 113 Å². The maximum atomic E-state index is 13.1. The van der Waals surface area contributed by atoms with Crippen molar-refractivity contribution in [3.63, 3.8) is 0 Å². The number of imide groups is 1. The predicted molar refractivity (Wildman–Crippen MR) is 135 cm³/mol. The number of aromatic nitrogens is 4. The second kappa shape index (κ2) is 10.8. The Bertz CT molecular complexity index is 998. The fourth-order valence-electron chi connectivity index (χ4n) is 7.95. The molecule has 3 amide bonds. The van der Waals surface area contributed by atoms with Crippen molar-refractivity contribution in [2.45, 2.75) is 96.2 Å². The van der Waals surface area contributed by atoms with E-state index in [4.69, 9.17) is 0 Å². The van der Waals surface area contributed by atoms with Crippen LogP contribution >= 0.6 is 0 Å². The van der Waals surface area contributed by atoms with E-state index in [1.165, 1.54) is 44.9 Å². The van der Waals surface area contributed by atoms with E-state index in [9.17, 15) is 14.4 Å². The Morgan fingerprint density at radius 3 is 2.46 bits per heavy atom. The fraction of sp³-hybridized carbons (Fsp3) is 0.852. The first-order chi connectivity index (χ1) is 18.0. The summed E-state index contributed by atoms with van der Waals surface area (Å²) in [5, 5.41) is 15.1. The molecule has 0 bridgehead atoms. The maximum Gasteiger partial charge on any atom is 0.249 e. The van der Waals surface area contributed by atoms with Gasteiger partial charge in [0.05, 0.1) is 6.54 Å². The van der Waals surface area contributed by atoms with Gasteiger partial charge >= 0.3 is 0 Å². The van der Waals surface area contributed by atoms with Crippen LogP contribution in [0.3, 0.4) is 0 Å². The maximum absolute atomic E-state index is 13.1. The summed E-state index contributed by atoms with van der Waals surface area (Å²) < 4.78 is 2.05. The zero-order valence-electron chi connectivity index (χ0n) is 21.9. The second-order valence-electron chi connectivity index (χ2n) is 12.3. The van der Waals surface area contributed by atoms with E-state index >= 15 is 0 Å². The molecule has 0 spiro atoms. The average molecular weight is 512 g/mol. The molecule has 1 N–H and O–H groups in total. The summed E-state index contributed by atoms with van der Waals surface area (Å²) >= 11 is 0. The number of hydrogen-bond acceptors (Lipinski definition) is 7. The van der Waals surface area contributed by atoms with Gasteiger partial charge in [-0.15, -0.1) is 5.10 Å². The number of nitrogens with zero attached hydrogens (tertiary/aromatic N) is 6. The minimum absolute atomic E-state index is 0.0600. The molecule has 0 radical (unpaired) electrons. The molecule has 1 aromatic rings. The lowest BCUT2D eigenvalue weighted by molar-refractivity contribution is -0.144. The molecule has 37 heavy (non-hydrogen) atoms. The third-order valence-corrected chi connectivity index (χ3v) is 10.1. The molecule has 5 fully saturated rings. The fourth-order valence-corrected chi connectivity index (χ4v) is 7.95. The highest BCUT2D eigenvalue weighted by molar-refractivity contribution is 6.02. The number of piperidine rings is 2. The van der Waals surface area contributed by atoms with Crippen LogP contribution in [0.5, 0.6) is 0 Å². The van der Waals surface area contributed by atoms with Gasteiger partial charge in [0.15, 0.2) is 5.82 Å². The Hall–Kier alpha value is -2.36. The monoisotopic (exact) mass is 511 g/mol. The number of likely N-dealkylation sites (tertiary alicyclic amines) is 2. The Morgan fingerprint density at radius 2 is 1.68 bits per heavy atom. The highest BCUT2D eigenvalue weighted by Crippen LogP contribution is 2.45. The van der Waals surface area contributed by atoms with E-state index in [1.807, 2.05) is 0 Å². The molecule has 3 saturated heterocycles. The molecule has 4 atom stereocenters. The van der Waals surface area contributed by atoms with Crippen molar-refractivity contribution < 1.29 is 14.4 Å². The first-order valence-corrected chi connectivity index (χ1v) is 14.7. The van der Waals surface area contributed by atoms with Gasteiger partial charge in [0.2, 0.25) is 17.7 Å². The summed E-state index contributed by atoms with van der Waals surface area (Å²) in [5.41, 5.74) is 0. The molecule has 10 nitrogen and oxygen atoms in total. The van der Waals surface area contributed by atoms with Gasteiger partial charge in [-0.2, -0.15) is 0 Å². The van der Waals surface area contributed by atoms with Gasteiger partial charge in [-0.05, 0) is 98.6 Å². The van der Waals surface area contributed by atoms with Gasteiger partial charge in [-0.3, -0.25) is 24.6 Å². The van der Waals surface area contributed by atoms with Gasteiger partial charge in [-0.1, -0.05) is 19.3 Å². The zero-order chi connectivity index (χ0) is 25.4. The summed E-state index contributed by atoms with van der Waals surface area (Å²) in [4.78, 5) is 41.4. The van der Waals surface area contributed by atoms with Crippen molar-refractivity contribution >= 4 is 17.7 Å². The first-order valence-electron chi connectivity index (χ1n) is 14.7. The SMILES string of the molecule is O=C1CCC(N2CC3CC(C4CCN(Cc5nnnn5CC5CCCCC5)CC4)CCC3C2=O)C(=O)N1. The number of hydrogen-bond donors (Lipinski definition) is 1. The largest absolute Gasteiger partial charge is 0.330 e. The van der Waals surface area contributed by atoms with Crippen molar-refractivity contribution in [3.8, 4) is 0 Å². The Labute approximate surface area is 218 Å². The third-order valence-electron chi connectivity index (χ3n) is 10.1. The van der Waals surface area contributed by atoms with Gasteiger partial charge in [-0.25, -0.2) is 4.68 Å². The molecule has 2 saturated carbocycles. The minimum atomic E-state index is -0.466. The van der Waals surface area contributed by atoms with Gasteiger partial charge in [0.25, 0.3) is 0 Å². The zero-order valence-corrected chi connectivity index (χ0v) is 21.9. The Kier molecular flexibility index (Phi) is 7.27.